The molecule has 0 radical (unpaired) electrons. The van der Waals surface area contributed by atoms with Gasteiger partial charge in [0.2, 0.25) is 0 Å². The summed E-state index contributed by atoms with van der Waals surface area (Å²) in [5.74, 6) is 0. The highest BCUT2D eigenvalue weighted by Crippen LogP contribution is 2.42. The standard InChI is InChI=1S/C16H25N3/c1-11(12-7-14(2,3)10-18-12)13-15(4,5)8-16(6,9-17)19-13/h18H,7-8,10H2,1-6H3/b12-11-. The highest BCUT2D eigenvalue weighted by molar-refractivity contribution is 6.06. The van der Waals surface area contributed by atoms with Crippen molar-refractivity contribution in [3.63, 3.8) is 0 Å². The summed E-state index contributed by atoms with van der Waals surface area (Å²) in [7, 11) is 0. The van der Waals surface area contributed by atoms with Gasteiger partial charge in [-0.1, -0.05) is 27.7 Å². The van der Waals surface area contributed by atoms with Gasteiger partial charge in [0.05, 0.1) is 6.07 Å². The molecule has 0 bridgehead atoms. The molecule has 0 spiro atoms. The molecule has 2 heterocycles. The Morgan fingerprint density at radius 1 is 1.26 bits per heavy atom. The Bertz CT molecular complexity index is 503. The zero-order valence-corrected chi connectivity index (χ0v) is 13.0. The van der Waals surface area contributed by atoms with Crippen LogP contribution in [0.4, 0.5) is 0 Å². The predicted octanol–water partition coefficient (Wildman–Crippen LogP) is 3.43. The molecular formula is C16H25N3. The second-order valence-electron chi connectivity index (χ2n) is 7.70. The molecular weight excluding hydrogens is 234 g/mol. The van der Waals surface area contributed by atoms with Crippen molar-refractivity contribution in [2.75, 3.05) is 6.54 Å². The molecule has 0 saturated carbocycles. The zero-order valence-electron chi connectivity index (χ0n) is 13.0. The molecule has 1 atom stereocenters. The van der Waals surface area contributed by atoms with Crippen molar-refractivity contribution in [1.29, 1.82) is 5.26 Å². The van der Waals surface area contributed by atoms with E-state index in [2.05, 4.69) is 46.0 Å². The van der Waals surface area contributed by atoms with Crippen LogP contribution in [0, 0.1) is 22.2 Å². The van der Waals surface area contributed by atoms with Gasteiger partial charge in [-0.2, -0.15) is 5.26 Å². The lowest BCUT2D eigenvalue weighted by molar-refractivity contribution is 0.416. The number of nitriles is 1. The van der Waals surface area contributed by atoms with E-state index in [1.165, 1.54) is 11.3 Å². The fourth-order valence-corrected chi connectivity index (χ4v) is 3.40. The first-order valence-corrected chi connectivity index (χ1v) is 7.04. The van der Waals surface area contributed by atoms with Crippen LogP contribution in [0.25, 0.3) is 0 Å². The maximum absolute atomic E-state index is 9.32. The quantitative estimate of drug-likeness (QED) is 0.784. The first kappa shape index (κ1) is 14.1. The molecule has 1 saturated heterocycles. The van der Waals surface area contributed by atoms with E-state index in [-0.39, 0.29) is 5.41 Å². The minimum absolute atomic E-state index is 0.0179. The van der Waals surface area contributed by atoms with E-state index in [1.807, 2.05) is 6.92 Å². The summed E-state index contributed by atoms with van der Waals surface area (Å²) in [6.07, 6.45) is 1.87. The van der Waals surface area contributed by atoms with E-state index in [4.69, 9.17) is 4.99 Å². The molecule has 0 aromatic heterocycles. The van der Waals surface area contributed by atoms with Crippen LogP contribution in [0.15, 0.2) is 16.3 Å². The average Bonchev–Trinajstić information content (AvgIpc) is 2.76. The van der Waals surface area contributed by atoms with Gasteiger partial charge in [0.25, 0.3) is 0 Å². The first-order valence-electron chi connectivity index (χ1n) is 7.04. The maximum Gasteiger partial charge on any atom is 0.145 e. The third-order valence-corrected chi connectivity index (χ3v) is 4.27. The molecule has 104 valence electrons. The first-order chi connectivity index (χ1) is 8.59. The lowest BCUT2D eigenvalue weighted by Gasteiger charge is -2.23. The van der Waals surface area contributed by atoms with Crippen molar-refractivity contribution in [3.8, 4) is 6.07 Å². The van der Waals surface area contributed by atoms with E-state index >= 15 is 0 Å². The average molecular weight is 259 g/mol. The molecule has 0 amide bonds. The summed E-state index contributed by atoms with van der Waals surface area (Å²) in [6, 6.07) is 2.36. The number of rotatable bonds is 1. The number of hydrogen-bond acceptors (Lipinski definition) is 3. The van der Waals surface area contributed by atoms with Gasteiger partial charge < -0.3 is 5.32 Å². The summed E-state index contributed by atoms with van der Waals surface area (Å²) in [6.45, 7) is 14.0. The highest BCUT2D eigenvalue weighted by Gasteiger charge is 2.44. The Hall–Kier alpha value is -1.30. The monoisotopic (exact) mass is 259 g/mol. The van der Waals surface area contributed by atoms with Crippen LogP contribution in [0.3, 0.4) is 0 Å². The summed E-state index contributed by atoms with van der Waals surface area (Å²) in [5, 5.41) is 12.8. The summed E-state index contributed by atoms with van der Waals surface area (Å²) in [5.41, 5.74) is 3.40. The van der Waals surface area contributed by atoms with Gasteiger partial charge in [0, 0.05) is 23.4 Å². The maximum atomic E-state index is 9.32. The smallest absolute Gasteiger partial charge is 0.145 e. The highest BCUT2D eigenvalue weighted by atomic mass is 15.0. The molecule has 19 heavy (non-hydrogen) atoms. The van der Waals surface area contributed by atoms with Crippen molar-refractivity contribution >= 4 is 5.71 Å². The molecule has 1 N–H and O–H groups in total. The molecule has 1 fully saturated rings. The number of nitrogens with zero attached hydrogens (tertiary/aromatic N) is 2. The van der Waals surface area contributed by atoms with Crippen LogP contribution in [0.2, 0.25) is 0 Å². The number of allylic oxidation sites excluding steroid dienone is 2. The van der Waals surface area contributed by atoms with Gasteiger partial charge in [-0.15, -0.1) is 0 Å². The van der Waals surface area contributed by atoms with E-state index in [0.29, 0.717) is 5.41 Å². The summed E-state index contributed by atoms with van der Waals surface area (Å²) in [4.78, 5) is 4.74. The minimum atomic E-state index is -0.561. The van der Waals surface area contributed by atoms with E-state index in [1.54, 1.807) is 0 Å². The molecule has 2 aliphatic heterocycles. The van der Waals surface area contributed by atoms with Crippen LogP contribution in [0.5, 0.6) is 0 Å². The van der Waals surface area contributed by atoms with Crippen molar-refractivity contribution < 1.29 is 0 Å². The normalized spacial score (nSPS) is 34.5. The van der Waals surface area contributed by atoms with Crippen LogP contribution < -0.4 is 5.32 Å². The molecule has 2 rings (SSSR count). The summed E-state index contributed by atoms with van der Waals surface area (Å²) < 4.78 is 0. The van der Waals surface area contributed by atoms with Gasteiger partial charge >= 0.3 is 0 Å². The SMILES string of the molecule is C/C(C1=NC(C)(C#N)CC1(C)C)=C1\CC(C)(C)CN1. The molecule has 1 unspecified atom stereocenters. The second-order valence-corrected chi connectivity index (χ2v) is 7.70. The van der Waals surface area contributed by atoms with Crippen LogP contribution in [-0.4, -0.2) is 17.8 Å². The molecule has 0 aromatic rings. The van der Waals surface area contributed by atoms with Crippen molar-refractivity contribution in [2.45, 2.75) is 59.9 Å². The fraction of sp³-hybridized carbons (Fsp3) is 0.750. The van der Waals surface area contributed by atoms with Crippen LogP contribution >= 0.6 is 0 Å². The molecule has 3 nitrogen and oxygen atoms in total. The number of hydrogen-bond donors (Lipinski definition) is 1. The third kappa shape index (κ3) is 2.54. The number of nitrogens with one attached hydrogen (secondary N) is 1. The summed E-state index contributed by atoms with van der Waals surface area (Å²) >= 11 is 0. The largest absolute Gasteiger partial charge is 0.388 e. The van der Waals surface area contributed by atoms with Gasteiger partial charge in [-0.3, -0.25) is 4.99 Å². The Labute approximate surface area is 116 Å². The zero-order chi connectivity index (χ0) is 14.5. The Balaban J connectivity index is 2.39. The van der Waals surface area contributed by atoms with Gasteiger partial charge in [0.15, 0.2) is 0 Å². The number of aliphatic imine (C=N–C) groups is 1. The molecule has 0 aliphatic carbocycles. The second kappa shape index (κ2) is 4.10. The van der Waals surface area contributed by atoms with Crippen molar-refractivity contribution in [2.24, 2.45) is 15.8 Å². The topological polar surface area (TPSA) is 48.2 Å². The van der Waals surface area contributed by atoms with Gasteiger partial charge in [-0.25, -0.2) is 0 Å². The van der Waals surface area contributed by atoms with Gasteiger partial charge in [0.1, 0.15) is 5.54 Å². The Kier molecular flexibility index (Phi) is 3.04. The third-order valence-electron chi connectivity index (χ3n) is 4.27. The fourth-order valence-electron chi connectivity index (χ4n) is 3.40. The van der Waals surface area contributed by atoms with E-state index in [0.717, 1.165) is 25.1 Å². The van der Waals surface area contributed by atoms with Crippen LogP contribution in [0.1, 0.15) is 54.4 Å². The minimum Gasteiger partial charge on any atom is -0.388 e. The van der Waals surface area contributed by atoms with Crippen molar-refractivity contribution in [1.82, 2.24) is 5.32 Å². The van der Waals surface area contributed by atoms with Crippen molar-refractivity contribution in [3.05, 3.63) is 11.3 Å². The lowest BCUT2D eigenvalue weighted by atomic mass is 9.78. The van der Waals surface area contributed by atoms with E-state index < -0.39 is 5.54 Å². The Morgan fingerprint density at radius 2 is 1.89 bits per heavy atom. The molecule has 3 heteroatoms. The van der Waals surface area contributed by atoms with Crippen LogP contribution in [-0.2, 0) is 0 Å². The predicted molar refractivity (Wildman–Crippen MR) is 79.0 cm³/mol. The lowest BCUT2D eigenvalue weighted by Crippen LogP contribution is -2.25. The van der Waals surface area contributed by atoms with Gasteiger partial charge in [-0.05, 0) is 37.7 Å². The van der Waals surface area contributed by atoms with E-state index in [9.17, 15) is 5.26 Å². The molecule has 0 aromatic carbocycles. The molecule has 2 aliphatic rings. The Morgan fingerprint density at radius 3 is 2.32 bits per heavy atom.